The van der Waals surface area contributed by atoms with Gasteiger partial charge in [-0.15, -0.1) is 0 Å². The highest BCUT2D eigenvalue weighted by atomic mass is 32.2. The minimum absolute atomic E-state index is 0.0193. The summed E-state index contributed by atoms with van der Waals surface area (Å²) in [4.78, 5) is 21.8. The van der Waals surface area contributed by atoms with Crippen molar-refractivity contribution < 1.29 is 19.1 Å². The van der Waals surface area contributed by atoms with Crippen LogP contribution in [0.15, 0.2) is 0 Å². The van der Waals surface area contributed by atoms with E-state index < -0.39 is 5.60 Å². The molecule has 102 valence electrons. The zero-order chi connectivity index (χ0) is 13.8. The van der Waals surface area contributed by atoms with Crippen LogP contribution in [0.1, 0.15) is 33.6 Å². The quantitative estimate of drug-likeness (QED) is 0.450. The number of hydrogen-bond acceptors (Lipinski definition) is 6. The summed E-state index contributed by atoms with van der Waals surface area (Å²) in [5.74, 6) is 0.0445. The molecule has 0 heterocycles. The molecule has 18 heavy (non-hydrogen) atoms. The molecule has 0 amide bonds. The van der Waals surface area contributed by atoms with Crippen LogP contribution in [-0.4, -0.2) is 34.1 Å². The first-order valence-electron chi connectivity index (χ1n) is 5.81. The summed E-state index contributed by atoms with van der Waals surface area (Å²) in [5, 5.41) is 0. The third-order valence-electron chi connectivity index (χ3n) is 2.37. The first-order chi connectivity index (χ1) is 8.31. The van der Waals surface area contributed by atoms with E-state index in [0.29, 0.717) is 23.0 Å². The molecule has 1 saturated carbocycles. The average Bonchev–Trinajstić information content (AvgIpc) is 2.16. The van der Waals surface area contributed by atoms with Gasteiger partial charge in [0, 0.05) is 0 Å². The van der Waals surface area contributed by atoms with E-state index in [0.717, 1.165) is 6.29 Å². The van der Waals surface area contributed by atoms with Crippen LogP contribution in [-0.2, 0) is 19.1 Å². The second-order valence-electron chi connectivity index (χ2n) is 5.17. The van der Waals surface area contributed by atoms with Gasteiger partial charge in [-0.1, -0.05) is 11.8 Å². The van der Waals surface area contributed by atoms with Crippen molar-refractivity contribution in [3.05, 3.63) is 0 Å². The van der Waals surface area contributed by atoms with Gasteiger partial charge in [0.15, 0.2) is 0 Å². The standard InChI is InChI=1S/C12H18O4S2/c1-12(2,3)16-10(14)8-6-9(7-8)15-11(17)18-5-4-13/h4,8-9H,5-7H2,1-3H3/t8-,9+. The van der Waals surface area contributed by atoms with Crippen molar-refractivity contribution in [2.45, 2.75) is 45.3 Å². The van der Waals surface area contributed by atoms with Crippen LogP contribution in [0.2, 0.25) is 0 Å². The fourth-order valence-electron chi connectivity index (χ4n) is 1.51. The molecule has 0 saturated heterocycles. The van der Waals surface area contributed by atoms with Crippen molar-refractivity contribution in [3.63, 3.8) is 0 Å². The van der Waals surface area contributed by atoms with Crippen LogP contribution in [0, 0.1) is 5.92 Å². The fourth-order valence-corrected chi connectivity index (χ4v) is 2.26. The van der Waals surface area contributed by atoms with E-state index in [2.05, 4.69) is 0 Å². The van der Waals surface area contributed by atoms with Gasteiger partial charge in [-0.05, 0) is 45.8 Å². The van der Waals surface area contributed by atoms with Gasteiger partial charge in [-0.2, -0.15) is 0 Å². The van der Waals surface area contributed by atoms with Crippen LogP contribution in [0.5, 0.6) is 0 Å². The van der Waals surface area contributed by atoms with Crippen LogP contribution < -0.4 is 0 Å². The number of hydrogen-bond donors (Lipinski definition) is 0. The molecular formula is C12H18O4S2. The third-order valence-corrected chi connectivity index (χ3v) is 3.45. The molecule has 4 nitrogen and oxygen atoms in total. The lowest BCUT2D eigenvalue weighted by Gasteiger charge is -2.35. The molecule has 1 aliphatic rings. The molecule has 0 unspecified atom stereocenters. The molecule has 1 fully saturated rings. The maximum absolute atomic E-state index is 11.7. The van der Waals surface area contributed by atoms with Crippen LogP contribution in [0.4, 0.5) is 0 Å². The summed E-state index contributed by atoms with van der Waals surface area (Å²) in [5.41, 5.74) is -0.446. The number of aldehydes is 1. The molecule has 0 aromatic carbocycles. The maximum atomic E-state index is 11.7. The molecule has 0 radical (unpaired) electrons. The number of carbonyl (C=O) groups excluding carboxylic acids is 2. The van der Waals surface area contributed by atoms with Crippen molar-refractivity contribution in [1.82, 2.24) is 0 Å². The molecule has 0 bridgehead atoms. The highest BCUT2D eigenvalue weighted by Crippen LogP contribution is 2.33. The Balaban J connectivity index is 2.21. The summed E-state index contributed by atoms with van der Waals surface area (Å²) >= 11 is 6.15. The Morgan fingerprint density at radius 2 is 2.06 bits per heavy atom. The lowest BCUT2D eigenvalue weighted by atomic mass is 9.82. The highest BCUT2D eigenvalue weighted by Gasteiger charge is 2.38. The summed E-state index contributed by atoms with van der Waals surface area (Å²) in [7, 11) is 0. The molecule has 1 aliphatic carbocycles. The van der Waals surface area contributed by atoms with Crippen molar-refractivity contribution in [2.24, 2.45) is 5.92 Å². The number of ether oxygens (including phenoxy) is 2. The first-order valence-corrected chi connectivity index (χ1v) is 7.21. The number of esters is 1. The average molecular weight is 290 g/mol. The van der Waals surface area contributed by atoms with Gasteiger partial charge in [-0.25, -0.2) is 0 Å². The zero-order valence-corrected chi connectivity index (χ0v) is 12.4. The van der Waals surface area contributed by atoms with Crippen molar-refractivity contribution >= 4 is 40.6 Å². The molecule has 0 aromatic rings. The number of rotatable bonds is 4. The molecule has 1 rings (SSSR count). The Bertz CT molecular complexity index is 329. The van der Waals surface area contributed by atoms with Crippen molar-refractivity contribution in [3.8, 4) is 0 Å². The lowest BCUT2D eigenvalue weighted by molar-refractivity contribution is -0.166. The van der Waals surface area contributed by atoms with Gasteiger partial charge >= 0.3 is 5.97 Å². The SMILES string of the molecule is CC(C)(C)OC(=O)[C@H]1C[C@@H](OC(=S)SCC=O)C1. The summed E-state index contributed by atoms with van der Waals surface area (Å²) < 4.78 is 11.1. The number of thioether (sulfide) groups is 1. The minimum Gasteiger partial charge on any atom is -0.475 e. The smallest absolute Gasteiger partial charge is 0.309 e. The van der Waals surface area contributed by atoms with Crippen LogP contribution >= 0.6 is 24.0 Å². The van der Waals surface area contributed by atoms with Gasteiger partial charge in [0.05, 0.1) is 11.7 Å². The summed E-state index contributed by atoms with van der Waals surface area (Å²) in [6, 6.07) is 0. The second kappa shape index (κ2) is 6.52. The summed E-state index contributed by atoms with van der Waals surface area (Å²) in [6.07, 6.45) is 2.03. The number of thiocarbonyl (C=S) groups is 1. The topological polar surface area (TPSA) is 52.6 Å². The van der Waals surface area contributed by atoms with Crippen molar-refractivity contribution in [1.29, 1.82) is 0 Å². The van der Waals surface area contributed by atoms with E-state index in [1.54, 1.807) is 0 Å². The van der Waals surface area contributed by atoms with E-state index in [1.807, 2.05) is 20.8 Å². The van der Waals surface area contributed by atoms with Crippen LogP contribution in [0.3, 0.4) is 0 Å². The normalized spacial score (nSPS) is 22.8. The molecule has 0 N–H and O–H groups in total. The Morgan fingerprint density at radius 3 is 2.56 bits per heavy atom. The monoisotopic (exact) mass is 290 g/mol. The van der Waals surface area contributed by atoms with Crippen molar-refractivity contribution in [2.75, 3.05) is 5.75 Å². The van der Waals surface area contributed by atoms with E-state index in [1.165, 1.54) is 11.8 Å². The summed E-state index contributed by atoms with van der Waals surface area (Å²) in [6.45, 7) is 5.55. The predicted octanol–water partition coefficient (Wildman–Crippen LogP) is 2.34. The second-order valence-corrected chi connectivity index (χ2v) is 6.79. The van der Waals surface area contributed by atoms with Gasteiger partial charge in [0.25, 0.3) is 0 Å². The van der Waals surface area contributed by atoms with E-state index in [9.17, 15) is 9.59 Å². The van der Waals surface area contributed by atoms with Gasteiger partial charge < -0.3 is 14.3 Å². The lowest BCUT2D eigenvalue weighted by Crippen LogP contribution is -2.40. The van der Waals surface area contributed by atoms with E-state index in [4.69, 9.17) is 21.7 Å². The Hall–Kier alpha value is -0.620. The van der Waals surface area contributed by atoms with E-state index in [-0.39, 0.29) is 18.0 Å². The predicted molar refractivity (Wildman–Crippen MR) is 74.6 cm³/mol. The Kier molecular flexibility index (Phi) is 5.59. The molecule has 0 spiro atoms. The first kappa shape index (κ1) is 15.4. The molecule has 6 heteroatoms. The van der Waals surface area contributed by atoms with E-state index >= 15 is 0 Å². The largest absolute Gasteiger partial charge is 0.475 e. The highest BCUT2D eigenvalue weighted by molar-refractivity contribution is 8.22. The molecule has 0 aliphatic heterocycles. The zero-order valence-electron chi connectivity index (χ0n) is 10.8. The maximum Gasteiger partial charge on any atom is 0.309 e. The number of carbonyl (C=O) groups is 2. The molecule has 0 aromatic heterocycles. The van der Waals surface area contributed by atoms with Crippen LogP contribution in [0.25, 0.3) is 0 Å². The minimum atomic E-state index is -0.446. The molecular weight excluding hydrogens is 272 g/mol. The third kappa shape index (κ3) is 5.35. The van der Waals surface area contributed by atoms with Gasteiger partial charge in [0.1, 0.15) is 18.0 Å². The Labute approximate surface area is 117 Å². The van der Waals surface area contributed by atoms with Gasteiger partial charge in [-0.3, -0.25) is 4.79 Å². The molecule has 0 atom stereocenters. The van der Waals surface area contributed by atoms with Gasteiger partial charge in [0.2, 0.25) is 4.38 Å². The fraction of sp³-hybridized carbons (Fsp3) is 0.750. The Morgan fingerprint density at radius 1 is 1.44 bits per heavy atom.